The first kappa shape index (κ1) is 33.8. The number of ether oxygens (including phenoxy) is 2. The number of fused-ring (bicyclic) bond motifs is 3. The van der Waals surface area contributed by atoms with Crippen LogP contribution in [0.4, 0.5) is 0 Å². The number of hydrogen-bond acceptors (Lipinski definition) is 7. The third-order valence-corrected chi connectivity index (χ3v) is 7.73. The molecule has 0 radical (unpaired) electrons. The molecule has 0 fully saturated rings. The second kappa shape index (κ2) is 14.6. The zero-order valence-electron chi connectivity index (χ0n) is 26.0. The molecule has 0 saturated heterocycles. The molecule has 0 aliphatic carbocycles. The molecule has 0 bridgehead atoms. The van der Waals surface area contributed by atoms with Crippen molar-refractivity contribution in [2.75, 3.05) is 0 Å². The molecule has 8 rings (SSSR count). The van der Waals surface area contributed by atoms with Crippen LogP contribution in [0.5, 0.6) is 23.0 Å². The number of nitrogens with zero attached hydrogens (tertiary/aromatic N) is 6. The summed E-state index contributed by atoms with van der Waals surface area (Å²) in [6, 6.07) is 41.0. The van der Waals surface area contributed by atoms with Crippen LogP contribution in [-0.2, 0) is 40.8 Å². The van der Waals surface area contributed by atoms with Gasteiger partial charge in [0.1, 0.15) is 12.7 Å². The van der Waals surface area contributed by atoms with Crippen LogP contribution in [0.3, 0.4) is 0 Å². The average molecular weight is 822 g/mol. The van der Waals surface area contributed by atoms with Gasteiger partial charge in [0.25, 0.3) is 0 Å². The van der Waals surface area contributed by atoms with Crippen LogP contribution in [-0.4, -0.2) is 29.5 Å². The van der Waals surface area contributed by atoms with Gasteiger partial charge in [-0.2, -0.15) is 22.9 Å². The molecule has 0 saturated carbocycles. The number of pyridine rings is 2. The maximum Gasteiger partial charge on any atom is 2.00 e. The molecule has 0 unspecified atom stereocenters. The van der Waals surface area contributed by atoms with E-state index in [1.807, 2.05) is 103 Å². The molecule has 0 N–H and O–H groups in total. The second-order valence-corrected chi connectivity index (χ2v) is 10.8. The van der Waals surface area contributed by atoms with E-state index in [0.717, 1.165) is 55.4 Å². The Kier molecular flexibility index (Phi) is 10.1. The van der Waals surface area contributed by atoms with Crippen molar-refractivity contribution in [1.29, 1.82) is 0 Å². The standard InChI is InChI=1S/C39H24N6O2.2Pd/c1-25-9-11-27(33-7-3-5-17-41-33)19-37(25)46-29-13-15-31-32-16-14-30(22-36(32)45(35(31)21-29)39-43-23-40-24-44-39)47-38-20-28(12-10-26(38)2)34-8-4-6-18-42-34;;/h3-18,23-24H,1-2H3;;/q-4;2*+2. The number of aryl methyl sites for hydroxylation is 2. The van der Waals surface area contributed by atoms with Gasteiger partial charge in [-0.3, -0.25) is 0 Å². The Morgan fingerprint density at radius 2 is 1.02 bits per heavy atom. The summed E-state index contributed by atoms with van der Waals surface area (Å²) < 4.78 is 14.6. The molecule has 0 amide bonds. The van der Waals surface area contributed by atoms with E-state index in [1.54, 1.807) is 12.4 Å². The SMILES string of the molecule is Cc1ccc(-c2ccccn2)[c-]c1Oc1[c-]c2c(cc1)c1ccc(Oc3[c-]c(-c4ccccn4)ccc3C)[c-]c1n2-c1ncncn1.[Pd+2].[Pd+2]. The maximum absolute atomic E-state index is 6.38. The Morgan fingerprint density at radius 3 is 1.47 bits per heavy atom. The van der Waals surface area contributed by atoms with Crippen LogP contribution in [0.1, 0.15) is 11.1 Å². The topological polar surface area (TPSA) is 87.8 Å². The van der Waals surface area contributed by atoms with Crippen LogP contribution in [0.2, 0.25) is 0 Å². The Labute approximate surface area is 310 Å². The van der Waals surface area contributed by atoms with Crippen molar-refractivity contribution in [3.8, 4) is 51.5 Å². The number of benzene rings is 4. The van der Waals surface area contributed by atoms with Gasteiger partial charge in [0, 0.05) is 35.4 Å². The van der Waals surface area contributed by atoms with E-state index in [-0.39, 0.29) is 40.8 Å². The molecule has 0 spiro atoms. The monoisotopic (exact) mass is 820 g/mol. The molecular formula is C39H24N6O2Pd2. The minimum absolute atomic E-state index is 0. The molecule has 0 atom stereocenters. The molecule has 4 heterocycles. The number of aromatic nitrogens is 6. The van der Waals surface area contributed by atoms with Gasteiger partial charge >= 0.3 is 40.8 Å². The van der Waals surface area contributed by atoms with E-state index in [2.05, 4.69) is 49.2 Å². The minimum atomic E-state index is 0. The van der Waals surface area contributed by atoms with Crippen molar-refractivity contribution in [3.05, 3.63) is 145 Å². The summed E-state index contributed by atoms with van der Waals surface area (Å²) >= 11 is 0. The summed E-state index contributed by atoms with van der Waals surface area (Å²) in [5.74, 6) is 2.63. The van der Waals surface area contributed by atoms with Crippen LogP contribution in [0.25, 0.3) is 50.3 Å². The fourth-order valence-corrected chi connectivity index (χ4v) is 5.36. The molecular weight excluding hydrogens is 797 g/mol. The quantitative estimate of drug-likeness (QED) is 0.118. The van der Waals surface area contributed by atoms with Gasteiger partial charge in [0.2, 0.25) is 5.95 Å². The van der Waals surface area contributed by atoms with Crippen molar-refractivity contribution in [3.63, 3.8) is 0 Å². The van der Waals surface area contributed by atoms with E-state index in [4.69, 9.17) is 9.47 Å². The largest absolute Gasteiger partial charge is 2.00 e. The molecule has 0 aliphatic rings. The Balaban J connectivity index is 0.00000208. The Morgan fingerprint density at radius 1 is 0.531 bits per heavy atom. The summed E-state index contributed by atoms with van der Waals surface area (Å²) in [6.45, 7) is 3.96. The number of hydrogen-bond donors (Lipinski definition) is 0. The summed E-state index contributed by atoms with van der Waals surface area (Å²) in [6.07, 6.45) is 6.45. The normalized spacial score (nSPS) is 10.7. The summed E-state index contributed by atoms with van der Waals surface area (Å²) in [5.41, 5.74) is 6.62. The third kappa shape index (κ3) is 6.78. The van der Waals surface area contributed by atoms with E-state index in [1.165, 1.54) is 12.7 Å². The fourth-order valence-electron chi connectivity index (χ4n) is 5.36. The first-order valence-corrected chi connectivity index (χ1v) is 14.9. The van der Waals surface area contributed by atoms with Gasteiger partial charge in [0.15, 0.2) is 0 Å². The third-order valence-electron chi connectivity index (χ3n) is 7.73. The minimum Gasteiger partial charge on any atom is -0.503 e. The molecule has 8 aromatic rings. The fraction of sp³-hybridized carbons (Fsp3) is 0.0513. The predicted octanol–water partition coefficient (Wildman–Crippen LogP) is 8.49. The zero-order chi connectivity index (χ0) is 31.7. The molecule has 0 aliphatic heterocycles. The first-order valence-electron chi connectivity index (χ1n) is 14.9. The molecule has 49 heavy (non-hydrogen) atoms. The van der Waals surface area contributed by atoms with E-state index in [0.29, 0.717) is 28.9 Å². The zero-order valence-corrected chi connectivity index (χ0v) is 29.1. The van der Waals surface area contributed by atoms with E-state index < -0.39 is 0 Å². The predicted molar refractivity (Wildman–Crippen MR) is 178 cm³/mol. The molecule has 242 valence electrons. The Bertz CT molecular complexity index is 2240. The van der Waals surface area contributed by atoms with Gasteiger partial charge in [-0.15, -0.1) is 59.7 Å². The Hall–Kier alpha value is -5.09. The van der Waals surface area contributed by atoms with Crippen LogP contribution >= 0.6 is 0 Å². The van der Waals surface area contributed by atoms with Crippen molar-refractivity contribution in [2.45, 2.75) is 13.8 Å². The van der Waals surface area contributed by atoms with Gasteiger partial charge in [-0.1, -0.05) is 72.4 Å². The van der Waals surface area contributed by atoms with Gasteiger partial charge < -0.3 is 24.0 Å². The summed E-state index contributed by atoms with van der Waals surface area (Å²) in [7, 11) is 0. The smallest absolute Gasteiger partial charge is 0.503 e. The van der Waals surface area contributed by atoms with Crippen molar-refractivity contribution < 1.29 is 50.3 Å². The maximum atomic E-state index is 6.38. The summed E-state index contributed by atoms with van der Waals surface area (Å²) in [4.78, 5) is 21.9. The summed E-state index contributed by atoms with van der Waals surface area (Å²) in [5, 5.41) is 1.86. The molecule has 10 heteroatoms. The molecule has 4 aromatic heterocycles. The van der Waals surface area contributed by atoms with Crippen molar-refractivity contribution in [1.82, 2.24) is 29.5 Å². The van der Waals surface area contributed by atoms with Gasteiger partial charge in [-0.25, -0.2) is 15.0 Å². The average Bonchev–Trinajstić information content (AvgIpc) is 3.44. The first-order chi connectivity index (χ1) is 23.1. The molecule has 8 nitrogen and oxygen atoms in total. The van der Waals surface area contributed by atoms with Crippen LogP contribution in [0.15, 0.2) is 110 Å². The van der Waals surface area contributed by atoms with Crippen LogP contribution < -0.4 is 9.47 Å². The molecule has 4 aromatic carbocycles. The van der Waals surface area contributed by atoms with E-state index in [9.17, 15) is 0 Å². The van der Waals surface area contributed by atoms with Gasteiger partial charge in [0.05, 0.1) is 0 Å². The van der Waals surface area contributed by atoms with Crippen molar-refractivity contribution in [2.24, 2.45) is 0 Å². The van der Waals surface area contributed by atoms with Gasteiger partial charge in [-0.05, 0) is 23.5 Å². The van der Waals surface area contributed by atoms with Crippen molar-refractivity contribution >= 4 is 21.8 Å². The number of rotatable bonds is 7. The van der Waals surface area contributed by atoms with E-state index >= 15 is 0 Å². The van der Waals surface area contributed by atoms with Crippen LogP contribution in [0, 0.1) is 38.1 Å². The second-order valence-electron chi connectivity index (χ2n) is 10.8.